The smallest absolute Gasteiger partial charge is 0.348 e. The third kappa shape index (κ3) is 4.60. The van der Waals surface area contributed by atoms with Crippen LogP contribution >= 0.6 is 0 Å². The van der Waals surface area contributed by atoms with Crippen molar-refractivity contribution in [2.45, 2.75) is 44.6 Å². The molecule has 2 fully saturated rings. The van der Waals surface area contributed by atoms with E-state index < -0.39 is 0 Å². The molecule has 1 N–H and O–H groups in total. The predicted molar refractivity (Wildman–Crippen MR) is 139 cm³/mol. The van der Waals surface area contributed by atoms with Crippen molar-refractivity contribution in [3.8, 4) is 5.69 Å². The molecule has 2 aromatic carbocycles. The van der Waals surface area contributed by atoms with Crippen LogP contribution in [-0.2, 0) is 6.54 Å². The third-order valence-corrected chi connectivity index (χ3v) is 7.45. The number of fused-ring (bicyclic) bond motifs is 1. The fourth-order valence-corrected chi connectivity index (χ4v) is 5.66. The number of anilines is 1. The lowest BCUT2D eigenvalue weighted by Gasteiger charge is -2.32. The second kappa shape index (κ2) is 9.66. The fourth-order valence-electron chi connectivity index (χ4n) is 5.66. The Morgan fingerprint density at radius 1 is 0.971 bits per heavy atom. The molecule has 6 rings (SSSR count). The number of aromatic nitrogens is 4. The molecule has 2 aliphatic heterocycles. The number of hydrogen-bond acceptors (Lipinski definition) is 5. The van der Waals surface area contributed by atoms with Gasteiger partial charge in [0.1, 0.15) is 5.82 Å². The quantitative estimate of drug-likeness (QED) is 0.468. The molecule has 1 unspecified atom stereocenters. The standard InChI is InChI=1S/C28H32N6O/c35-28-30-27(31-34(28)26-11-5-8-22-18-29-13-12-25(22)26)23-9-6-14-32(20-23)19-21-7-4-10-24(17-21)33-15-2-1-3-16-33/h4-5,7-8,10-13,17-18,23H,1-3,6,9,14-16,19-20H2,(H,30,31,35). The topological polar surface area (TPSA) is 70.1 Å². The lowest BCUT2D eigenvalue weighted by atomic mass is 9.97. The Labute approximate surface area is 205 Å². The van der Waals surface area contributed by atoms with Crippen LogP contribution in [0.1, 0.15) is 49.4 Å². The highest BCUT2D eigenvalue weighted by Crippen LogP contribution is 2.27. The van der Waals surface area contributed by atoms with Crippen LogP contribution in [0, 0.1) is 0 Å². The van der Waals surface area contributed by atoms with Gasteiger partial charge in [-0.25, -0.2) is 4.79 Å². The monoisotopic (exact) mass is 468 g/mol. The van der Waals surface area contributed by atoms with Gasteiger partial charge in [0.25, 0.3) is 0 Å². The van der Waals surface area contributed by atoms with Crippen LogP contribution in [0.15, 0.2) is 65.7 Å². The van der Waals surface area contributed by atoms with E-state index in [-0.39, 0.29) is 11.6 Å². The summed E-state index contributed by atoms with van der Waals surface area (Å²) in [5.41, 5.74) is 3.32. The molecular weight excluding hydrogens is 436 g/mol. The number of benzene rings is 2. The molecule has 0 saturated carbocycles. The lowest BCUT2D eigenvalue weighted by molar-refractivity contribution is 0.196. The summed E-state index contributed by atoms with van der Waals surface area (Å²) in [6, 6.07) is 16.9. The Balaban J connectivity index is 1.19. The summed E-state index contributed by atoms with van der Waals surface area (Å²) in [6.45, 7) is 5.24. The van der Waals surface area contributed by atoms with Gasteiger partial charge in [-0.05, 0) is 68.5 Å². The van der Waals surface area contributed by atoms with E-state index in [1.807, 2.05) is 30.5 Å². The molecule has 0 radical (unpaired) electrons. The van der Waals surface area contributed by atoms with Gasteiger partial charge in [0.2, 0.25) is 0 Å². The summed E-state index contributed by atoms with van der Waals surface area (Å²) < 4.78 is 1.51. The van der Waals surface area contributed by atoms with E-state index in [1.165, 1.54) is 48.3 Å². The van der Waals surface area contributed by atoms with Crippen molar-refractivity contribution in [1.82, 2.24) is 24.6 Å². The van der Waals surface area contributed by atoms with Gasteiger partial charge in [-0.3, -0.25) is 14.9 Å². The largest absolute Gasteiger partial charge is 0.372 e. The van der Waals surface area contributed by atoms with E-state index >= 15 is 0 Å². The summed E-state index contributed by atoms with van der Waals surface area (Å²) in [4.78, 5) is 25.2. The molecule has 2 aromatic heterocycles. The summed E-state index contributed by atoms with van der Waals surface area (Å²) in [7, 11) is 0. The highest BCUT2D eigenvalue weighted by molar-refractivity contribution is 5.89. The molecule has 2 saturated heterocycles. The molecule has 7 nitrogen and oxygen atoms in total. The molecule has 0 spiro atoms. The first-order valence-electron chi connectivity index (χ1n) is 12.8. The summed E-state index contributed by atoms with van der Waals surface area (Å²) in [5, 5.41) is 6.74. The summed E-state index contributed by atoms with van der Waals surface area (Å²) >= 11 is 0. The minimum absolute atomic E-state index is 0.185. The Kier molecular flexibility index (Phi) is 6.08. The van der Waals surface area contributed by atoms with E-state index in [4.69, 9.17) is 5.10 Å². The van der Waals surface area contributed by atoms with Crippen LogP contribution in [0.25, 0.3) is 16.5 Å². The molecule has 0 amide bonds. The number of hydrogen-bond donors (Lipinski definition) is 1. The Morgan fingerprint density at radius 2 is 1.86 bits per heavy atom. The number of aromatic amines is 1. The zero-order valence-corrected chi connectivity index (χ0v) is 20.1. The minimum Gasteiger partial charge on any atom is -0.372 e. The molecule has 4 heterocycles. The zero-order valence-electron chi connectivity index (χ0n) is 20.1. The van der Waals surface area contributed by atoms with Crippen LogP contribution in [0.5, 0.6) is 0 Å². The molecule has 35 heavy (non-hydrogen) atoms. The highest BCUT2D eigenvalue weighted by atomic mass is 16.1. The molecule has 7 heteroatoms. The molecule has 180 valence electrons. The number of H-pyrrole nitrogens is 1. The van der Waals surface area contributed by atoms with Gasteiger partial charge in [0.15, 0.2) is 0 Å². The van der Waals surface area contributed by atoms with E-state index in [0.717, 1.165) is 54.8 Å². The van der Waals surface area contributed by atoms with Gasteiger partial charge < -0.3 is 4.90 Å². The number of likely N-dealkylation sites (tertiary alicyclic amines) is 1. The SMILES string of the molecule is O=c1[nH]c(C2CCCN(Cc3cccc(N4CCCCC4)c3)C2)nn1-c1cccc2cnccc12. The number of rotatable bonds is 5. The lowest BCUT2D eigenvalue weighted by Crippen LogP contribution is -2.34. The maximum absolute atomic E-state index is 12.9. The van der Waals surface area contributed by atoms with E-state index in [9.17, 15) is 4.79 Å². The van der Waals surface area contributed by atoms with Crippen molar-refractivity contribution >= 4 is 16.5 Å². The molecule has 0 bridgehead atoms. The van der Waals surface area contributed by atoms with Crippen molar-refractivity contribution < 1.29 is 0 Å². The molecule has 0 aliphatic carbocycles. The van der Waals surface area contributed by atoms with Gasteiger partial charge in [-0.2, -0.15) is 4.68 Å². The van der Waals surface area contributed by atoms with E-state index in [0.29, 0.717) is 0 Å². The first kappa shape index (κ1) is 22.0. The van der Waals surface area contributed by atoms with E-state index in [2.05, 4.69) is 44.0 Å². The third-order valence-electron chi connectivity index (χ3n) is 7.45. The predicted octanol–water partition coefficient (Wildman–Crippen LogP) is 4.48. The van der Waals surface area contributed by atoms with Crippen LogP contribution in [0.4, 0.5) is 5.69 Å². The van der Waals surface area contributed by atoms with Gasteiger partial charge in [-0.15, -0.1) is 5.10 Å². The van der Waals surface area contributed by atoms with Crippen LogP contribution in [-0.4, -0.2) is 50.8 Å². The number of pyridine rings is 1. The second-order valence-corrected chi connectivity index (χ2v) is 9.89. The number of nitrogens with one attached hydrogen (secondary N) is 1. The minimum atomic E-state index is -0.185. The second-order valence-electron chi connectivity index (χ2n) is 9.89. The Hall–Kier alpha value is -3.45. The zero-order chi connectivity index (χ0) is 23.6. The maximum atomic E-state index is 12.9. The maximum Gasteiger partial charge on any atom is 0.348 e. The first-order chi connectivity index (χ1) is 17.2. The Bertz CT molecular complexity index is 1360. The fraction of sp³-hybridized carbons (Fsp3) is 0.393. The van der Waals surface area contributed by atoms with Gasteiger partial charge >= 0.3 is 5.69 Å². The number of piperidine rings is 2. The normalized spacial score (nSPS) is 19.3. The van der Waals surface area contributed by atoms with Gasteiger partial charge in [-0.1, -0.05) is 24.3 Å². The molecule has 1 atom stereocenters. The molecule has 4 aromatic rings. The van der Waals surface area contributed by atoms with Crippen LogP contribution in [0.3, 0.4) is 0 Å². The van der Waals surface area contributed by atoms with Crippen molar-refractivity contribution in [3.63, 3.8) is 0 Å². The number of nitrogens with zero attached hydrogens (tertiary/aromatic N) is 5. The Morgan fingerprint density at radius 3 is 2.77 bits per heavy atom. The van der Waals surface area contributed by atoms with Crippen molar-refractivity contribution in [3.05, 3.63) is 82.8 Å². The van der Waals surface area contributed by atoms with Crippen molar-refractivity contribution in [1.29, 1.82) is 0 Å². The van der Waals surface area contributed by atoms with Crippen LogP contribution in [0.2, 0.25) is 0 Å². The molecular formula is C28H32N6O. The average Bonchev–Trinajstić information content (AvgIpc) is 3.30. The first-order valence-corrected chi connectivity index (χ1v) is 12.8. The van der Waals surface area contributed by atoms with E-state index in [1.54, 1.807) is 6.20 Å². The summed E-state index contributed by atoms with van der Waals surface area (Å²) in [5.74, 6) is 1.01. The highest BCUT2D eigenvalue weighted by Gasteiger charge is 2.25. The van der Waals surface area contributed by atoms with Gasteiger partial charge in [0, 0.05) is 61.0 Å². The van der Waals surface area contributed by atoms with Gasteiger partial charge in [0.05, 0.1) is 5.69 Å². The molecule has 2 aliphatic rings. The average molecular weight is 469 g/mol. The van der Waals surface area contributed by atoms with Crippen LogP contribution < -0.4 is 10.6 Å². The van der Waals surface area contributed by atoms with Crippen molar-refractivity contribution in [2.24, 2.45) is 0 Å². The summed E-state index contributed by atoms with van der Waals surface area (Å²) in [6.07, 6.45) is 9.64. The van der Waals surface area contributed by atoms with Crippen molar-refractivity contribution in [2.75, 3.05) is 31.1 Å².